The van der Waals surface area contributed by atoms with Crippen molar-refractivity contribution < 1.29 is 9.53 Å². The molecule has 1 aromatic carbocycles. The molecule has 25 heavy (non-hydrogen) atoms. The molecule has 130 valence electrons. The number of hydrogen-bond acceptors (Lipinski definition) is 5. The van der Waals surface area contributed by atoms with Crippen molar-refractivity contribution in [3.63, 3.8) is 0 Å². The molecule has 0 aliphatic heterocycles. The second-order valence-corrected chi connectivity index (χ2v) is 7.06. The zero-order valence-electron chi connectivity index (χ0n) is 13.1. The molecule has 3 aromatic rings. The number of fused-ring (bicyclic) bond motifs is 1. The monoisotopic (exact) mass is 397 g/mol. The number of amides is 1. The Balaban J connectivity index is 1.71. The zero-order valence-corrected chi connectivity index (χ0v) is 15.4. The first-order valence-corrected chi connectivity index (χ1v) is 8.93. The lowest BCUT2D eigenvalue weighted by atomic mass is 10.3. The summed E-state index contributed by atoms with van der Waals surface area (Å²) in [6.45, 7) is 1.69. The highest BCUT2D eigenvalue weighted by atomic mass is 35.5. The Bertz CT molecular complexity index is 1000. The van der Waals surface area contributed by atoms with Crippen molar-refractivity contribution in [1.82, 2.24) is 9.66 Å². The minimum atomic E-state index is -0.514. The molecule has 9 heteroatoms. The van der Waals surface area contributed by atoms with Gasteiger partial charge in [0.2, 0.25) is 0 Å². The number of carbonyl (C=O) groups excluding carboxylic acids is 1. The first kappa shape index (κ1) is 17.7. The molecular weight excluding hydrogens is 385 g/mol. The molecule has 0 spiro atoms. The molecule has 0 atom stereocenters. The predicted octanol–water partition coefficient (Wildman–Crippen LogP) is 3.48. The Hall–Kier alpha value is -2.09. The van der Waals surface area contributed by atoms with Gasteiger partial charge in [-0.05, 0) is 30.7 Å². The van der Waals surface area contributed by atoms with Crippen LogP contribution in [0.5, 0.6) is 5.75 Å². The van der Waals surface area contributed by atoms with Gasteiger partial charge < -0.3 is 4.74 Å². The molecule has 0 aliphatic carbocycles. The van der Waals surface area contributed by atoms with E-state index in [1.165, 1.54) is 23.7 Å². The minimum Gasteiger partial charge on any atom is -0.482 e. The molecule has 0 radical (unpaired) electrons. The highest BCUT2D eigenvalue weighted by Gasteiger charge is 2.11. The van der Waals surface area contributed by atoms with E-state index in [9.17, 15) is 9.59 Å². The van der Waals surface area contributed by atoms with E-state index in [1.807, 2.05) is 6.92 Å². The summed E-state index contributed by atoms with van der Waals surface area (Å²) in [5, 5.41) is 1.24. The van der Waals surface area contributed by atoms with Crippen molar-refractivity contribution in [2.24, 2.45) is 0 Å². The number of aryl methyl sites for hydroxylation is 1. The summed E-state index contributed by atoms with van der Waals surface area (Å²) in [7, 11) is 0. The zero-order chi connectivity index (χ0) is 18.0. The summed E-state index contributed by atoms with van der Waals surface area (Å²) in [6.07, 6.45) is 2.11. The largest absolute Gasteiger partial charge is 0.482 e. The third kappa shape index (κ3) is 3.95. The number of thiophene rings is 1. The lowest BCUT2D eigenvalue weighted by Gasteiger charge is -2.10. The molecule has 6 nitrogen and oxygen atoms in total. The van der Waals surface area contributed by atoms with Crippen LogP contribution < -0.4 is 15.7 Å². The van der Waals surface area contributed by atoms with E-state index in [-0.39, 0.29) is 12.2 Å². The molecule has 1 amide bonds. The summed E-state index contributed by atoms with van der Waals surface area (Å²) < 4.78 is 6.38. The van der Waals surface area contributed by atoms with Crippen molar-refractivity contribution >= 4 is 50.7 Å². The smallest absolute Gasteiger partial charge is 0.280 e. The fraction of sp³-hybridized carbons (Fsp3) is 0.188. The first-order valence-electron chi connectivity index (χ1n) is 7.35. The molecule has 0 saturated carbocycles. The second kappa shape index (κ2) is 7.43. The summed E-state index contributed by atoms with van der Waals surface area (Å²) >= 11 is 13.2. The van der Waals surface area contributed by atoms with Crippen LogP contribution in [-0.2, 0) is 11.2 Å². The van der Waals surface area contributed by atoms with E-state index in [4.69, 9.17) is 27.9 Å². The third-order valence-electron chi connectivity index (χ3n) is 3.35. The number of carbonyl (C=O) groups is 1. The van der Waals surface area contributed by atoms with Gasteiger partial charge in [-0.3, -0.25) is 15.0 Å². The molecule has 0 unspecified atom stereocenters. The van der Waals surface area contributed by atoms with E-state index < -0.39 is 5.91 Å². The number of aromatic nitrogens is 2. The van der Waals surface area contributed by atoms with Gasteiger partial charge in [-0.1, -0.05) is 30.1 Å². The normalized spacial score (nSPS) is 10.8. The van der Waals surface area contributed by atoms with Crippen molar-refractivity contribution in [2.45, 2.75) is 13.3 Å². The number of hydrogen-bond donors (Lipinski definition) is 1. The van der Waals surface area contributed by atoms with Crippen molar-refractivity contribution in [1.29, 1.82) is 0 Å². The number of nitrogens with one attached hydrogen (secondary N) is 1. The fourth-order valence-electron chi connectivity index (χ4n) is 2.13. The third-order valence-corrected chi connectivity index (χ3v) is 5.07. The topological polar surface area (TPSA) is 73.2 Å². The van der Waals surface area contributed by atoms with Crippen LogP contribution in [0.2, 0.25) is 10.0 Å². The first-order chi connectivity index (χ1) is 12.0. The van der Waals surface area contributed by atoms with Crippen LogP contribution in [0.15, 0.2) is 35.4 Å². The molecule has 1 N–H and O–H groups in total. The van der Waals surface area contributed by atoms with E-state index in [1.54, 1.807) is 18.2 Å². The molecule has 0 fully saturated rings. The van der Waals surface area contributed by atoms with Gasteiger partial charge in [-0.2, -0.15) is 0 Å². The highest BCUT2D eigenvalue weighted by Crippen LogP contribution is 2.27. The van der Waals surface area contributed by atoms with Crippen LogP contribution in [0.4, 0.5) is 0 Å². The van der Waals surface area contributed by atoms with E-state index in [0.717, 1.165) is 16.0 Å². The van der Waals surface area contributed by atoms with Gasteiger partial charge in [0.25, 0.3) is 11.5 Å². The lowest BCUT2D eigenvalue weighted by Crippen LogP contribution is -2.35. The summed E-state index contributed by atoms with van der Waals surface area (Å²) in [5.41, 5.74) is 2.11. The Morgan fingerprint density at radius 3 is 2.88 bits per heavy atom. The summed E-state index contributed by atoms with van der Waals surface area (Å²) in [6, 6.07) is 6.48. The lowest BCUT2D eigenvalue weighted by molar-refractivity contribution is -0.119. The van der Waals surface area contributed by atoms with Gasteiger partial charge in [0.05, 0.1) is 10.4 Å². The molecule has 2 aromatic heterocycles. The highest BCUT2D eigenvalue weighted by molar-refractivity contribution is 7.18. The van der Waals surface area contributed by atoms with Gasteiger partial charge in [-0.25, -0.2) is 9.66 Å². The number of halogens is 2. The van der Waals surface area contributed by atoms with Crippen LogP contribution in [0.1, 0.15) is 11.8 Å². The van der Waals surface area contributed by atoms with E-state index in [2.05, 4.69) is 10.4 Å². The average molecular weight is 398 g/mol. The molecule has 0 saturated heterocycles. The SMILES string of the molecule is CCc1cc2c(=O)n(NC(=O)COc3ccc(Cl)cc3Cl)cnc2s1. The van der Waals surface area contributed by atoms with E-state index >= 15 is 0 Å². The maximum absolute atomic E-state index is 12.4. The maximum atomic E-state index is 12.4. The quantitative estimate of drug-likeness (QED) is 0.714. The van der Waals surface area contributed by atoms with Crippen LogP contribution >= 0.6 is 34.5 Å². The predicted molar refractivity (Wildman–Crippen MR) is 99.6 cm³/mol. The maximum Gasteiger partial charge on any atom is 0.280 e. The Morgan fingerprint density at radius 2 is 2.16 bits per heavy atom. The van der Waals surface area contributed by atoms with Crippen LogP contribution in [0.3, 0.4) is 0 Å². The van der Waals surface area contributed by atoms with Gasteiger partial charge in [0.15, 0.2) is 6.61 Å². The summed E-state index contributed by atoms with van der Waals surface area (Å²) in [4.78, 5) is 30.3. The molecule has 0 bridgehead atoms. The van der Waals surface area contributed by atoms with E-state index in [0.29, 0.717) is 26.0 Å². The molecular formula is C16H13Cl2N3O3S. The Labute approximate surface area is 156 Å². The van der Waals surface area contributed by atoms with Crippen LogP contribution in [-0.4, -0.2) is 22.2 Å². The number of rotatable bonds is 5. The minimum absolute atomic E-state index is 0.297. The number of ether oxygens (including phenoxy) is 1. The Morgan fingerprint density at radius 1 is 1.36 bits per heavy atom. The van der Waals surface area contributed by atoms with Crippen LogP contribution in [0.25, 0.3) is 10.2 Å². The fourth-order valence-corrected chi connectivity index (χ4v) is 3.52. The molecule has 2 heterocycles. The van der Waals surface area contributed by atoms with Gasteiger partial charge in [0.1, 0.15) is 16.9 Å². The van der Waals surface area contributed by atoms with Crippen LogP contribution in [0, 0.1) is 0 Å². The van der Waals surface area contributed by atoms with Gasteiger partial charge >= 0.3 is 0 Å². The summed E-state index contributed by atoms with van der Waals surface area (Å²) in [5.74, 6) is -0.187. The van der Waals surface area contributed by atoms with Crippen molar-refractivity contribution in [2.75, 3.05) is 12.0 Å². The van der Waals surface area contributed by atoms with Crippen molar-refractivity contribution in [3.05, 3.63) is 55.9 Å². The Kier molecular flexibility index (Phi) is 5.27. The van der Waals surface area contributed by atoms with Gasteiger partial charge in [-0.15, -0.1) is 11.3 Å². The number of benzene rings is 1. The molecule has 0 aliphatic rings. The van der Waals surface area contributed by atoms with Gasteiger partial charge in [0, 0.05) is 9.90 Å². The molecule has 3 rings (SSSR count). The number of nitrogens with zero attached hydrogens (tertiary/aromatic N) is 2. The van der Waals surface area contributed by atoms with Crippen molar-refractivity contribution in [3.8, 4) is 5.75 Å². The second-order valence-electron chi connectivity index (χ2n) is 5.10. The standard InChI is InChI=1S/C16H13Cl2N3O3S/c1-2-10-6-11-15(25-10)19-8-21(16(11)23)20-14(22)7-24-13-4-3-9(17)5-12(13)18/h3-6,8H,2,7H2,1H3,(H,20,22). The average Bonchev–Trinajstić information content (AvgIpc) is 3.01.